The SMILES string of the molecule is CC(C)(C)C1CCN(CC2CCCCN2)C1. The fraction of sp³-hybridized carbons (Fsp3) is 1.00. The summed E-state index contributed by atoms with van der Waals surface area (Å²) in [5.41, 5.74) is 0.495. The van der Waals surface area contributed by atoms with Gasteiger partial charge in [-0.15, -0.1) is 0 Å². The average Bonchev–Trinajstić information content (AvgIpc) is 2.67. The lowest BCUT2D eigenvalue weighted by molar-refractivity contribution is 0.211. The van der Waals surface area contributed by atoms with Crippen LogP contribution < -0.4 is 5.32 Å². The van der Waals surface area contributed by atoms with Gasteiger partial charge in [0.2, 0.25) is 0 Å². The Bertz CT molecular complexity index is 213. The van der Waals surface area contributed by atoms with Gasteiger partial charge in [-0.2, -0.15) is 0 Å². The molecular formula is C14H28N2. The van der Waals surface area contributed by atoms with Crippen molar-refractivity contribution < 1.29 is 0 Å². The molecule has 0 aromatic rings. The van der Waals surface area contributed by atoms with Crippen molar-refractivity contribution in [2.24, 2.45) is 11.3 Å². The quantitative estimate of drug-likeness (QED) is 0.775. The molecule has 2 saturated heterocycles. The molecule has 2 fully saturated rings. The molecule has 2 heterocycles. The van der Waals surface area contributed by atoms with Crippen molar-refractivity contribution in [1.29, 1.82) is 0 Å². The molecule has 2 unspecified atom stereocenters. The molecule has 16 heavy (non-hydrogen) atoms. The number of rotatable bonds is 2. The summed E-state index contributed by atoms with van der Waals surface area (Å²) >= 11 is 0. The molecule has 2 rings (SSSR count). The highest BCUT2D eigenvalue weighted by Crippen LogP contribution is 2.33. The zero-order valence-corrected chi connectivity index (χ0v) is 11.3. The van der Waals surface area contributed by atoms with Gasteiger partial charge >= 0.3 is 0 Å². The summed E-state index contributed by atoms with van der Waals surface area (Å²) in [6, 6.07) is 0.771. The zero-order chi connectivity index (χ0) is 11.6. The predicted octanol–water partition coefficient (Wildman–Crippen LogP) is 2.50. The van der Waals surface area contributed by atoms with Crippen LogP contribution in [-0.2, 0) is 0 Å². The van der Waals surface area contributed by atoms with E-state index >= 15 is 0 Å². The summed E-state index contributed by atoms with van der Waals surface area (Å²) in [4.78, 5) is 2.68. The maximum absolute atomic E-state index is 3.66. The summed E-state index contributed by atoms with van der Waals surface area (Å²) in [5.74, 6) is 0.899. The molecule has 94 valence electrons. The minimum atomic E-state index is 0.495. The highest BCUT2D eigenvalue weighted by molar-refractivity contribution is 4.86. The van der Waals surface area contributed by atoms with E-state index in [4.69, 9.17) is 0 Å². The van der Waals surface area contributed by atoms with Crippen molar-refractivity contribution in [3.63, 3.8) is 0 Å². The van der Waals surface area contributed by atoms with E-state index in [0.717, 1.165) is 12.0 Å². The zero-order valence-electron chi connectivity index (χ0n) is 11.3. The van der Waals surface area contributed by atoms with Gasteiger partial charge < -0.3 is 10.2 Å². The van der Waals surface area contributed by atoms with Crippen LogP contribution in [0.5, 0.6) is 0 Å². The van der Waals surface area contributed by atoms with E-state index in [-0.39, 0.29) is 0 Å². The molecule has 0 aliphatic carbocycles. The fourth-order valence-electron chi connectivity index (χ4n) is 3.10. The molecule has 0 aromatic heterocycles. The summed E-state index contributed by atoms with van der Waals surface area (Å²) in [5, 5.41) is 3.66. The van der Waals surface area contributed by atoms with E-state index in [0.29, 0.717) is 5.41 Å². The Morgan fingerprint density at radius 1 is 1.19 bits per heavy atom. The van der Waals surface area contributed by atoms with E-state index in [9.17, 15) is 0 Å². The van der Waals surface area contributed by atoms with Crippen LogP contribution in [0.1, 0.15) is 46.5 Å². The third-order valence-corrected chi connectivity index (χ3v) is 4.39. The van der Waals surface area contributed by atoms with Gasteiger partial charge in [-0.05, 0) is 43.7 Å². The van der Waals surface area contributed by atoms with Gasteiger partial charge in [-0.25, -0.2) is 0 Å². The summed E-state index contributed by atoms with van der Waals surface area (Å²) in [6.45, 7) is 12.3. The molecule has 2 atom stereocenters. The fourth-order valence-corrected chi connectivity index (χ4v) is 3.10. The molecule has 2 aliphatic rings. The Balaban J connectivity index is 1.76. The first-order valence-electron chi connectivity index (χ1n) is 7.01. The van der Waals surface area contributed by atoms with Crippen LogP contribution in [0.4, 0.5) is 0 Å². The molecule has 2 heteroatoms. The highest BCUT2D eigenvalue weighted by Gasteiger charge is 2.32. The van der Waals surface area contributed by atoms with E-state index in [1.807, 2.05) is 0 Å². The Morgan fingerprint density at radius 2 is 2.00 bits per heavy atom. The van der Waals surface area contributed by atoms with Gasteiger partial charge in [-0.3, -0.25) is 0 Å². The number of hydrogen-bond donors (Lipinski definition) is 1. The van der Waals surface area contributed by atoms with Gasteiger partial charge in [0.1, 0.15) is 0 Å². The Morgan fingerprint density at radius 3 is 2.56 bits per heavy atom. The van der Waals surface area contributed by atoms with Gasteiger partial charge in [0, 0.05) is 19.1 Å². The van der Waals surface area contributed by atoms with Gasteiger partial charge in [-0.1, -0.05) is 27.2 Å². The molecular weight excluding hydrogens is 196 g/mol. The van der Waals surface area contributed by atoms with Crippen LogP contribution in [0.3, 0.4) is 0 Å². The maximum Gasteiger partial charge on any atom is 0.0195 e. The second-order valence-corrected chi connectivity index (χ2v) is 6.76. The second-order valence-electron chi connectivity index (χ2n) is 6.76. The summed E-state index contributed by atoms with van der Waals surface area (Å²) in [6.07, 6.45) is 5.59. The predicted molar refractivity (Wildman–Crippen MR) is 69.6 cm³/mol. The molecule has 0 spiro atoms. The van der Waals surface area contributed by atoms with Crippen molar-refractivity contribution in [2.75, 3.05) is 26.2 Å². The van der Waals surface area contributed by atoms with Crippen molar-refractivity contribution in [1.82, 2.24) is 10.2 Å². The first-order valence-corrected chi connectivity index (χ1v) is 7.01. The van der Waals surface area contributed by atoms with E-state index in [1.54, 1.807) is 0 Å². The molecule has 0 aromatic carbocycles. The Hall–Kier alpha value is -0.0800. The average molecular weight is 224 g/mol. The van der Waals surface area contributed by atoms with Crippen molar-refractivity contribution in [2.45, 2.75) is 52.5 Å². The minimum absolute atomic E-state index is 0.495. The first-order chi connectivity index (χ1) is 7.55. The highest BCUT2D eigenvalue weighted by atomic mass is 15.2. The number of likely N-dealkylation sites (tertiary alicyclic amines) is 1. The van der Waals surface area contributed by atoms with Crippen LogP contribution in [0.2, 0.25) is 0 Å². The summed E-state index contributed by atoms with van der Waals surface area (Å²) < 4.78 is 0. The third kappa shape index (κ3) is 3.21. The van der Waals surface area contributed by atoms with Crippen LogP contribution in [0, 0.1) is 11.3 Å². The van der Waals surface area contributed by atoms with Crippen LogP contribution >= 0.6 is 0 Å². The topological polar surface area (TPSA) is 15.3 Å². The maximum atomic E-state index is 3.66. The number of piperidine rings is 1. The number of nitrogens with zero attached hydrogens (tertiary/aromatic N) is 1. The monoisotopic (exact) mass is 224 g/mol. The van der Waals surface area contributed by atoms with Gasteiger partial charge in [0.25, 0.3) is 0 Å². The normalized spacial score (nSPS) is 33.2. The van der Waals surface area contributed by atoms with Crippen molar-refractivity contribution in [3.8, 4) is 0 Å². The molecule has 2 nitrogen and oxygen atoms in total. The number of nitrogens with one attached hydrogen (secondary N) is 1. The van der Waals surface area contributed by atoms with Crippen molar-refractivity contribution >= 4 is 0 Å². The Labute approximate surface area is 101 Å². The van der Waals surface area contributed by atoms with E-state index in [1.165, 1.54) is 51.9 Å². The first kappa shape index (κ1) is 12.4. The van der Waals surface area contributed by atoms with Gasteiger partial charge in [0.05, 0.1) is 0 Å². The molecule has 0 amide bonds. The van der Waals surface area contributed by atoms with Crippen LogP contribution in [-0.4, -0.2) is 37.1 Å². The molecule has 0 bridgehead atoms. The smallest absolute Gasteiger partial charge is 0.0195 e. The lowest BCUT2D eigenvalue weighted by Crippen LogP contribution is -2.43. The Kier molecular flexibility index (Phi) is 3.91. The standard InChI is InChI=1S/C14H28N2/c1-14(2,3)12-7-9-16(10-12)11-13-6-4-5-8-15-13/h12-13,15H,4-11H2,1-3H3. The second kappa shape index (κ2) is 5.05. The largest absolute Gasteiger partial charge is 0.313 e. The third-order valence-electron chi connectivity index (χ3n) is 4.39. The van der Waals surface area contributed by atoms with Gasteiger partial charge in [0.15, 0.2) is 0 Å². The lowest BCUT2D eigenvalue weighted by atomic mass is 9.80. The number of hydrogen-bond acceptors (Lipinski definition) is 2. The molecule has 0 saturated carbocycles. The molecule has 0 radical (unpaired) electrons. The van der Waals surface area contributed by atoms with E-state index < -0.39 is 0 Å². The van der Waals surface area contributed by atoms with Crippen molar-refractivity contribution in [3.05, 3.63) is 0 Å². The molecule has 1 N–H and O–H groups in total. The minimum Gasteiger partial charge on any atom is -0.313 e. The summed E-state index contributed by atoms with van der Waals surface area (Å²) in [7, 11) is 0. The van der Waals surface area contributed by atoms with Crippen LogP contribution in [0.15, 0.2) is 0 Å². The van der Waals surface area contributed by atoms with Crippen LogP contribution in [0.25, 0.3) is 0 Å². The molecule has 2 aliphatic heterocycles. The lowest BCUT2D eigenvalue weighted by Gasteiger charge is -2.30. The van der Waals surface area contributed by atoms with E-state index in [2.05, 4.69) is 31.0 Å².